The molecular formula is C23F24. The summed E-state index contributed by atoms with van der Waals surface area (Å²) in [4.78, 5) is 0. The molecule has 24 heteroatoms. The lowest BCUT2D eigenvalue weighted by atomic mass is 9.61. The van der Waals surface area contributed by atoms with E-state index in [4.69, 9.17) is 0 Å². The van der Waals surface area contributed by atoms with E-state index in [0.717, 1.165) is 0 Å². The van der Waals surface area contributed by atoms with Crippen LogP contribution in [0.4, 0.5) is 105 Å². The van der Waals surface area contributed by atoms with Crippen LogP contribution in [0, 0.1) is 87.3 Å². The van der Waals surface area contributed by atoms with Crippen LogP contribution in [0.5, 0.6) is 0 Å². The van der Waals surface area contributed by atoms with E-state index in [1.54, 1.807) is 0 Å². The van der Waals surface area contributed by atoms with Gasteiger partial charge in [0.1, 0.15) is 5.41 Å². The molecule has 0 aliphatic heterocycles. The van der Waals surface area contributed by atoms with E-state index >= 15 is 35.1 Å². The molecule has 0 aromatic heterocycles. The molecule has 0 spiro atoms. The first-order valence-electron chi connectivity index (χ1n) is 10.8. The molecule has 47 heavy (non-hydrogen) atoms. The van der Waals surface area contributed by atoms with Gasteiger partial charge in [0, 0.05) is 0 Å². The van der Waals surface area contributed by atoms with Crippen molar-refractivity contribution in [3.63, 3.8) is 0 Å². The van der Waals surface area contributed by atoms with Crippen molar-refractivity contribution in [2.24, 2.45) is 0 Å². The maximum absolute atomic E-state index is 16.0. The normalized spacial score (nSPS) is 13.5. The lowest BCUT2D eigenvalue weighted by Crippen LogP contribution is -2.69. The second-order valence-corrected chi connectivity index (χ2v) is 8.81. The molecule has 3 rings (SSSR count). The summed E-state index contributed by atoms with van der Waals surface area (Å²) in [5.74, 6) is -88.0. The summed E-state index contributed by atoms with van der Waals surface area (Å²) in [5.41, 5.74) is -21.5. The number of alkyl halides is 9. The Hall–Kier alpha value is -4.02. The topological polar surface area (TPSA) is 0 Å². The second-order valence-electron chi connectivity index (χ2n) is 8.81. The monoisotopic (exact) mass is 732 g/mol. The minimum atomic E-state index is -8.93. The van der Waals surface area contributed by atoms with E-state index in [2.05, 4.69) is 0 Å². The molecule has 3 aromatic rings. The van der Waals surface area contributed by atoms with E-state index in [0.29, 0.717) is 0 Å². The van der Waals surface area contributed by atoms with E-state index in [9.17, 15) is 70.2 Å². The Bertz CT molecular complexity index is 1550. The third-order valence-electron chi connectivity index (χ3n) is 6.37. The molecule has 0 nitrogen and oxygen atoms in total. The molecule has 0 unspecified atom stereocenters. The van der Waals surface area contributed by atoms with Crippen molar-refractivity contribution in [3.05, 3.63) is 104 Å². The van der Waals surface area contributed by atoms with Gasteiger partial charge in [-0.15, -0.1) is 0 Å². The van der Waals surface area contributed by atoms with Crippen molar-refractivity contribution in [2.75, 3.05) is 0 Å². The van der Waals surface area contributed by atoms with Gasteiger partial charge >= 0.3 is 23.9 Å². The van der Waals surface area contributed by atoms with Crippen molar-refractivity contribution < 1.29 is 105 Å². The van der Waals surface area contributed by atoms with Gasteiger partial charge in [0.25, 0.3) is 0 Å². The molecule has 0 fully saturated rings. The quantitative estimate of drug-likeness (QED) is 0.103. The van der Waals surface area contributed by atoms with Crippen LogP contribution in [0.15, 0.2) is 0 Å². The average Bonchev–Trinajstić information content (AvgIpc) is 2.97. The van der Waals surface area contributed by atoms with Crippen molar-refractivity contribution in [1.29, 1.82) is 0 Å². The molecular weight excluding hydrogens is 732 g/mol. The molecule has 0 radical (unpaired) electrons. The van der Waals surface area contributed by atoms with Gasteiger partial charge in [0.2, 0.25) is 17.5 Å². The predicted molar refractivity (Wildman–Crippen MR) is 99.5 cm³/mol. The molecule has 0 aliphatic carbocycles. The number of rotatable bonds is 6. The number of benzene rings is 3. The van der Waals surface area contributed by atoms with Crippen LogP contribution >= 0.6 is 0 Å². The fourth-order valence-corrected chi connectivity index (χ4v) is 4.26. The first-order valence-corrected chi connectivity index (χ1v) is 10.8. The number of halogens is 24. The zero-order chi connectivity index (χ0) is 36.9. The van der Waals surface area contributed by atoms with Crippen molar-refractivity contribution in [3.8, 4) is 0 Å². The summed E-state index contributed by atoms with van der Waals surface area (Å²) in [6, 6.07) is 0. The first kappa shape index (κ1) is 37.4. The van der Waals surface area contributed by atoms with Crippen LogP contribution in [0.1, 0.15) is 16.7 Å². The molecule has 0 atom stereocenters. The van der Waals surface area contributed by atoms with Crippen LogP contribution < -0.4 is 0 Å². The molecule has 0 heterocycles. The molecule has 0 bridgehead atoms. The van der Waals surface area contributed by atoms with Gasteiger partial charge in [0.05, 0.1) is 16.7 Å². The zero-order valence-corrected chi connectivity index (χ0v) is 20.6. The molecule has 0 N–H and O–H groups in total. The van der Waals surface area contributed by atoms with Gasteiger partial charge in [-0.3, -0.25) is 0 Å². The second kappa shape index (κ2) is 11.0. The Balaban J connectivity index is 3.11. The van der Waals surface area contributed by atoms with Gasteiger partial charge < -0.3 is 0 Å². The summed E-state index contributed by atoms with van der Waals surface area (Å²) in [7, 11) is 0. The predicted octanol–water partition coefficient (Wildman–Crippen LogP) is 9.58. The van der Waals surface area contributed by atoms with Gasteiger partial charge in [-0.1, -0.05) is 0 Å². The highest BCUT2D eigenvalue weighted by Gasteiger charge is 2.87. The number of hydrogen-bond acceptors (Lipinski definition) is 0. The molecule has 0 saturated heterocycles. The van der Waals surface area contributed by atoms with Crippen LogP contribution in [0.3, 0.4) is 0 Å². The lowest BCUT2D eigenvalue weighted by molar-refractivity contribution is -0.402. The van der Waals surface area contributed by atoms with E-state index in [1.807, 2.05) is 0 Å². The Morgan fingerprint density at radius 3 is 0.553 bits per heavy atom. The first-order chi connectivity index (χ1) is 21.0. The van der Waals surface area contributed by atoms with E-state index < -0.39 is 133 Å². The fraction of sp³-hybridized carbons (Fsp3) is 0.217. The van der Waals surface area contributed by atoms with Crippen LogP contribution in [-0.4, -0.2) is 23.9 Å². The smallest absolute Gasteiger partial charge is 0.203 e. The van der Waals surface area contributed by atoms with Crippen molar-refractivity contribution >= 4 is 0 Å². The van der Waals surface area contributed by atoms with Crippen LogP contribution in [-0.2, 0) is 5.41 Å². The minimum absolute atomic E-state index is 3.71. The average molecular weight is 732 g/mol. The summed E-state index contributed by atoms with van der Waals surface area (Å²) in [5, 5.41) is 0. The SMILES string of the molecule is Fc1c(F)c(F)c(C(c2c(F)c(F)c(F)c(F)c2F)(c2c(F)c(F)c(F)c(F)c2F)C(F)(F)C(F)(F)C(F)(F)C(F)(F)F)c(F)c1F. The maximum atomic E-state index is 16.0. The van der Waals surface area contributed by atoms with Gasteiger partial charge in [0.15, 0.2) is 69.8 Å². The third-order valence-corrected chi connectivity index (χ3v) is 6.37. The summed E-state index contributed by atoms with van der Waals surface area (Å²) in [6.45, 7) is 0. The highest BCUT2D eigenvalue weighted by atomic mass is 19.4. The fourth-order valence-electron chi connectivity index (χ4n) is 4.26. The Kier molecular flexibility index (Phi) is 8.78. The molecule has 0 aliphatic rings. The standard InChI is InChI=1S/C23F24/c24-4-1(5(25)11(31)16(36)10(4)30)19(2-6(26)12(32)17(37)13(33)7(2)27,3-8(28)14(34)18(38)15(35)9(3)29)20(39,40)21(41,42)22(43,44)23(45,46)47. The zero-order valence-electron chi connectivity index (χ0n) is 20.6. The van der Waals surface area contributed by atoms with E-state index in [-0.39, 0.29) is 0 Å². The Morgan fingerprint density at radius 1 is 0.213 bits per heavy atom. The minimum Gasteiger partial charge on any atom is -0.203 e. The Labute approximate surface area is 239 Å². The van der Waals surface area contributed by atoms with Gasteiger partial charge in [-0.25, -0.2) is 65.9 Å². The highest BCUT2D eigenvalue weighted by Crippen LogP contribution is 2.65. The largest absolute Gasteiger partial charge is 0.460 e. The van der Waals surface area contributed by atoms with Gasteiger partial charge in [-0.05, 0) is 0 Å². The van der Waals surface area contributed by atoms with Crippen molar-refractivity contribution in [2.45, 2.75) is 29.4 Å². The number of hydrogen-bond donors (Lipinski definition) is 0. The molecule has 0 amide bonds. The summed E-state index contributed by atoms with van der Waals surface area (Å²) < 4.78 is 346. The molecule has 0 saturated carbocycles. The summed E-state index contributed by atoms with van der Waals surface area (Å²) >= 11 is 0. The molecule has 3 aromatic carbocycles. The van der Waals surface area contributed by atoms with Crippen molar-refractivity contribution in [1.82, 2.24) is 0 Å². The molecule has 260 valence electrons. The third kappa shape index (κ3) is 4.51. The van der Waals surface area contributed by atoms with E-state index in [1.165, 1.54) is 0 Å². The Morgan fingerprint density at radius 2 is 0.383 bits per heavy atom. The van der Waals surface area contributed by atoms with Gasteiger partial charge in [-0.2, -0.15) is 39.5 Å². The van der Waals surface area contributed by atoms with Crippen LogP contribution in [0.2, 0.25) is 0 Å². The maximum Gasteiger partial charge on any atom is 0.460 e. The summed E-state index contributed by atoms with van der Waals surface area (Å²) in [6.07, 6.45) is -8.17. The van der Waals surface area contributed by atoms with Crippen LogP contribution in [0.25, 0.3) is 0 Å². The highest BCUT2D eigenvalue weighted by molar-refractivity contribution is 5.58. The lowest BCUT2D eigenvalue weighted by Gasteiger charge is -2.46.